The van der Waals surface area contributed by atoms with Gasteiger partial charge < -0.3 is 24.8 Å². The summed E-state index contributed by atoms with van der Waals surface area (Å²) in [5.41, 5.74) is 1.16. The van der Waals surface area contributed by atoms with Gasteiger partial charge in [-0.3, -0.25) is 9.78 Å². The quantitative estimate of drug-likeness (QED) is 0.772. The normalized spacial score (nSPS) is 19.0. The molecule has 0 spiro atoms. The van der Waals surface area contributed by atoms with Crippen molar-refractivity contribution in [1.29, 1.82) is 0 Å². The number of carbonyl (C=O) groups is 2. The summed E-state index contributed by atoms with van der Waals surface area (Å²) < 4.78 is 4.68. The van der Waals surface area contributed by atoms with Gasteiger partial charge in [0.25, 0.3) is 0 Å². The lowest BCUT2D eigenvalue weighted by molar-refractivity contribution is -0.141. The van der Waals surface area contributed by atoms with E-state index in [4.69, 9.17) is 0 Å². The minimum absolute atomic E-state index is 0.0392. The van der Waals surface area contributed by atoms with Crippen LogP contribution in [0.3, 0.4) is 0 Å². The molecule has 8 heteroatoms. The van der Waals surface area contributed by atoms with Crippen LogP contribution in [0.2, 0.25) is 0 Å². The number of piperazine rings is 1. The summed E-state index contributed by atoms with van der Waals surface area (Å²) in [6, 6.07) is 4.26. The van der Waals surface area contributed by atoms with Crippen molar-refractivity contribution in [2.24, 2.45) is 0 Å². The van der Waals surface area contributed by atoms with Crippen LogP contribution in [-0.4, -0.2) is 85.7 Å². The number of amides is 2. The zero-order valence-corrected chi connectivity index (χ0v) is 16.0. The molecule has 8 nitrogen and oxygen atoms in total. The highest BCUT2D eigenvalue weighted by atomic mass is 16.5. The van der Waals surface area contributed by atoms with Gasteiger partial charge in [0.2, 0.25) is 0 Å². The fourth-order valence-electron chi connectivity index (χ4n) is 3.64. The van der Waals surface area contributed by atoms with Gasteiger partial charge in [-0.05, 0) is 25.0 Å². The Kier molecular flexibility index (Phi) is 6.86. The molecule has 27 heavy (non-hydrogen) atoms. The van der Waals surface area contributed by atoms with Gasteiger partial charge >= 0.3 is 12.0 Å². The number of aromatic nitrogens is 1. The smallest absolute Gasteiger partial charge is 0.317 e. The summed E-state index contributed by atoms with van der Waals surface area (Å²) in [5, 5.41) is 3.18. The van der Waals surface area contributed by atoms with Crippen molar-refractivity contribution in [3.8, 4) is 0 Å². The van der Waals surface area contributed by atoms with Crippen molar-refractivity contribution >= 4 is 17.7 Å². The van der Waals surface area contributed by atoms with Gasteiger partial charge in [-0.2, -0.15) is 0 Å². The Hall–Kier alpha value is -2.35. The predicted octanol–water partition coefficient (Wildman–Crippen LogP) is 0.941. The van der Waals surface area contributed by atoms with E-state index >= 15 is 0 Å². The number of methoxy groups -OCH3 is 1. The summed E-state index contributed by atoms with van der Waals surface area (Å²) in [6.45, 7) is 5.66. The molecular weight excluding hydrogens is 346 g/mol. The number of hydrogen-bond donors (Lipinski definition) is 1. The Balaban J connectivity index is 1.36. The molecule has 0 aromatic carbocycles. The molecule has 0 saturated carbocycles. The van der Waals surface area contributed by atoms with Crippen LogP contribution in [0.1, 0.15) is 19.3 Å². The zero-order valence-electron chi connectivity index (χ0n) is 16.0. The van der Waals surface area contributed by atoms with Crippen molar-refractivity contribution < 1.29 is 14.3 Å². The Labute approximate surface area is 160 Å². The number of anilines is 1. The van der Waals surface area contributed by atoms with Crippen molar-refractivity contribution in [3.63, 3.8) is 0 Å². The fraction of sp³-hybridized carbons (Fsp3) is 0.632. The van der Waals surface area contributed by atoms with Gasteiger partial charge in [0.15, 0.2) is 0 Å². The average molecular weight is 375 g/mol. The molecule has 0 atom stereocenters. The van der Waals surface area contributed by atoms with E-state index < -0.39 is 0 Å². The molecule has 0 aliphatic carbocycles. The number of esters is 1. The van der Waals surface area contributed by atoms with E-state index in [0.29, 0.717) is 6.42 Å². The van der Waals surface area contributed by atoms with Gasteiger partial charge in [0, 0.05) is 69.9 Å². The highest BCUT2D eigenvalue weighted by Gasteiger charge is 2.25. The molecule has 2 aliphatic rings. The van der Waals surface area contributed by atoms with Crippen molar-refractivity contribution in [3.05, 3.63) is 24.5 Å². The molecule has 148 valence electrons. The fourth-order valence-corrected chi connectivity index (χ4v) is 3.64. The Morgan fingerprint density at radius 3 is 2.41 bits per heavy atom. The van der Waals surface area contributed by atoms with Crippen LogP contribution in [-0.2, 0) is 9.53 Å². The van der Waals surface area contributed by atoms with Crippen LogP contribution in [0.4, 0.5) is 10.5 Å². The molecule has 1 N–H and O–H groups in total. The van der Waals surface area contributed by atoms with Crippen molar-refractivity contribution in [2.75, 3.05) is 57.8 Å². The first-order valence-electron chi connectivity index (χ1n) is 9.65. The van der Waals surface area contributed by atoms with Crippen LogP contribution < -0.4 is 10.2 Å². The maximum Gasteiger partial charge on any atom is 0.317 e. The van der Waals surface area contributed by atoms with E-state index in [0.717, 1.165) is 64.3 Å². The maximum absolute atomic E-state index is 12.6. The second-order valence-corrected chi connectivity index (χ2v) is 7.07. The molecule has 0 radical (unpaired) electrons. The van der Waals surface area contributed by atoms with E-state index in [1.54, 1.807) is 12.4 Å². The van der Waals surface area contributed by atoms with Gasteiger partial charge in [-0.15, -0.1) is 0 Å². The van der Waals surface area contributed by atoms with Crippen LogP contribution in [0, 0.1) is 0 Å². The van der Waals surface area contributed by atoms with E-state index in [9.17, 15) is 9.59 Å². The number of rotatable bonds is 5. The van der Waals surface area contributed by atoms with Gasteiger partial charge in [-0.25, -0.2) is 4.79 Å². The Morgan fingerprint density at radius 1 is 1.11 bits per heavy atom. The number of nitrogens with one attached hydrogen (secondary N) is 1. The average Bonchev–Trinajstić information content (AvgIpc) is 2.73. The topological polar surface area (TPSA) is 78.0 Å². The molecule has 0 bridgehead atoms. The van der Waals surface area contributed by atoms with Gasteiger partial charge in [-0.1, -0.05) is 0 Å². The molecule has 3 heterocycles. The van der Waals surface area contributed by atoms with E-state index in [2.05, 4.69) is 24.8 Å². The van der Waals surface area contributed by atoms with Gasteiger partial charge in [0.1, 0.15) is 0 Å². The summed E-state index contributed by atoms with van der Waals surface area (Å²) in [4.78, 5) is 34.3. The molecule has 0 unspecified atom stereocenters. The number of piperidine rings is 1. The van der Waals surface area contributed by atoms with Crippen LogP contribution >= 0.6 is 0 Å². The maximum atomic E-state index is 12.6. The number of carbonyl (C=O) groups excluding carboxylic acids is 2. The standard InChI is InChI=1S/C19H29N5O3/c1-27-18(25)6-11-22-9-4-16(5-10-22)21-19(26)24-14-12-23(13-15-24)17-2-7-20-8-3-17/h2-3,7-8,16H,4-6,9-15H2,1H3,(H,21,26). The Bertz CT molecular complexity index is 611. The minimum atomic E-state index is -0.170. The monoisotopic (exact) mass is 375 g/mol. The molecule has 2 aliphatic heterocycles. The summed E-state index contributed by atoms with van der Waals surface area (Å²) in [6.07, 6.45) is 5.86. The molecule has 3 rings (SSSR count). The van der Waals surface area contributed by atoms with E-state index in [1.807, 2.05) is 17.0 Å². The highest BCUT2D eigenvalue weighted by Crippen LogP contribution is 2.16. The van der Waals surface area contributed by atoms with Gasteiger partial charge in [0.05, 0.1) is 13.5 Å². The highest BCUT2D eigenvalue weighted by molar-refractivity contribution is 5.75. The first-order valence-corrected chi connectivity index (χ1v) is 9.65. The molecule has 1 aromatic heterocycles. The number of ether oxygens (including phenoxy) is 1. The third kappa shape index (κ3) is 5.56. The minimum Gasteiger partial charge on any atom is -0.469 e. The summed E-state index contributed by atoms with van der Waals surface area (Å²) in [7, 11) is 1.42. The number of pyridine rings is 1. The largest absolute Gasteiger partial charge is 0.469 e. The SMILES string of the molecule is COC(=O)CCN1CCC(NC(=O)N2CCN(c3ccncc3)CC2)CC1. The third-order valence-corrected chi connectivity index (χ3v) is 5.37. The summed E-state index contributed by atoms with van der Waals surface area (Å²) >= 11 is 0. The lowest BCUT2D eigenvalue weighted by Crippen LogP contribution is -2.55. The zero-order chi connectivity index (χ0) is 19.1. The summed E-state index contributed by atoms with van der Waals surface area (Å²) in [5.74, 6) is -0.170. The third-order valence-electron chi connectivity index (χ3n) is 5.37. The predicted molar refractivity (Wildman–Crippen MR) is 103 cm³/mol. The van der Waals surface area contributed by atoms with Crippen molar-refractivity contribution in [2.45, 2.75) is 25.3 Å². The molecule has 2 saturated heterocycles. The molecule has 2 fully saturated rings. The van der Waals surface area contributed by atoms with Crippen LogP contribution in [0.15, 0.2) is 24.5 Å². The van der Waals surface area contributed by atoms with Crippen LogP contribution in [0.25, 0.3) is 0 Å². The molecule has 1 aromatic rings. The number of nitrogens with zero attached hydrogens (tertiary/aromatic N) is 4. The first-order chi connectivity index (χ1) is 13.2. The second kappa shape index (κ2) is 9.55. The second-order valence-electron chi connectivity index (χ2n) is 7.07. The van der Waals surface area contributed by atoms with Crippen LogP contribution in [0.5, 0.6) is 0 Å². The lowest BCUT2D eigenvalue weighted by atomic mass is 10.1. The number of hydrogen-bond acceptors (Lipinski definition) is 6. The number of likely N-dealkylation sites (tertiary alicyclic amines) is 1. The Morgan fingerprint density at radius 2 is 1.78 bits per heavy atom. The van der Waals surface area contributed by atoms with E-state index in [-0.39, 0.29) is 18.0 Å². The lowest BCUT2D eigenvalue weighted by Gasteiger charge is -2.38. The first kappa shape index (κ1) is 19.4. The van der Waals surface area contributed by atoms with E-state index in [1.165, 1.54) is 7.11 Å². The molecule has 2 amide bonds. The van der Waals surface area contributed by atoms with Crippen molar-refractivity contribution in [1.82, 2.24) is 20.1 Å². The number of urea groups is 1. The molecular formula is C19H29N5O3.